The van der Waals surface area contributed by atoms with E-state index in [2.05, 4.69) is 52.1 Å². The predicted octanol–water partition coefficient (Wildman–Crippen LogP) is 3.50. The number of aromatic nitrogens is 2. The van der Waals surface area contributed by atoms with Crippen molar-refractivity contribution in [3.8, 4) is 0 Å². The van der Waals surface area contributed by atoms with Gasteiger partial charge >= 0.3 is 0 Å². The number of fused-ring (bicyclic) bond motifs is 1. The lowest BCUT2D eigenvalue weighted by Gasteiger charge is -2.38. The van der Waals surface area contributed by atoms with Crippen LogP contribution in [0.15, 0.2) is 73.1 Å². The Morgan fingerprint density at radius 2 is 1.77 bits per heavy atom. The average molecular weight is 402 g/mol. The second-order valence-electron chi connectivity index (χ2n) is 8.05. The number of H-pyrrole nitrogens is 1. The van der Waals surface area contributed by atoms with Gasteiger partial charge in [-0.2, -0.15) is 0 Å². The quantitative estimate of drug-likeness (QED) is 0.549. The van der Waals surface area contributed by atoms with Crippen LogP contribution in [0.5, 0.6) is 0 Å². The fourth-order valence-electron chi connectivity index (χ4n) is 4.82. The molecule has 0 unspecified atom stereocenters. The smallest absolute Gasteiger partial charge is 0.143 e. The summed E-state index contributed by atoms with van der Waals surface area (Å²) in [5.41, 5.74) is 6.11. The van der Waals surface area contributed by atoms with Gasteiger partial charge in [0.05, 0.1) is 26.2 Å². The fourth-order valence-corrected chi connectivity index (χ4v) is 4.82. The van der Waals surface area contributed by atoms with Gasteiger partial charge < -0.3 is 14.8 Å². The van der Waals surface area contributed by atoms with Crippen LogP contribution in [-0.4, -0.2) is 36.1 Å². The van der Waals surface area contributed by atoms with Crippen molar-refractivity contribution in [1.82, 2.24) is 9.97 Å². The van der Waals surface area contributed by atoms with E-state index in [0.29, 0.717) is 0 Å². The maximum Gasteiger partial charge on any atom is 0.143 e. The van der Waals surface area contributed by atoms with Crippen LogP contribution in [0.1, 0.15) is 22.9 Å². The van der Waals surface area contributed by atoms with Crippen LogP contribution in [0.3, 0.4) is 0 Å². The van der Waals surface area contributed by atoms with Crippen molar-refractivity contribution in [2.75, 3.05) is 31.1 Å². The molecule has 0 spiro atoms. The Kier molecular flexibility index (Phi) is 4.97. The van der Waals surface area contributed by atoms with Gasteiger partial charge in [0, 0.05) is 45.8 Å². The number of para-hydroxylation sites is 1. The van der Waals surface area contributed by atoms with Crippen molar-refractivity contribution in [3.63, 3.8) is 0 Å². The summed E-state index contributed by atoms with van der Waals surface area (Å²) in [7, 11) is 0. The molecule has 0 bridgehead atoms. The maximum absolute atomic E-state index is 13.3. The fraction of sp³-hybridized carbons (Fsp3) is 0.240. The van der Waals surface area contributed by atoms with Crippen LogP contribution in [-0.2, 0) is 0 Å². The summed E-state index contributed by atoms with van der Waals surface area (Å²) in [6.07, 6.45) is 3.84. The molecule has 0 saturated carbocycles. The summed E-state index contributed by atoms with van der Waals surface area (Å²) >= 11 is 0. The average Bonchev–Trinajstić information content (AvgIpc) is 3.12. The van der Waals surface area contributed by atoms with Crippen LogP contribution >= 0.6 is 0 Å². The number of pyridine rings is 1. The van der Waals surface area contributed by atoms with Crippen LogP contribution in [0.25, 0.3) is 10.9 Å². The predicted molar refractivity (Wildman–Crippen MR) is 118 cm³/mol. The Labute approximate surface area is 176 Å². The number of hydrogen-bond acceptors (Lipinski definition) is 2. The highest BCUT2D eigenvalue weighted by Crippen LogP contribution is 2.30. The molecular weight excluding hydrogens is 375 g/mol. The zero-order valence-corrected chi connectivity index (χ0v) is 17.1. The third-order valence-electron chi connectivity index (χ3n) is 6.26. The van der Waals surface area contributed by atoms with E-state index < -0.39 is 0 Å². The van der Waals surface area contributed by atoms with Gasteiger partial charge in [0.1, 0.15) is 11.9 Å². The minimum atomic E-state index is -0.186. The number of aromatic amines is 1. The summed E-state index contributed by atoms with van der Waals surface area (Å²) < 4.78 is 13.3. The molecule has 1 aliphatic heterocycles. The SMILES string of the molecule is Cc1[nH]c2ccccc2c1[C@@H](c1cccnc1)[NH+]1CCN(c2ccc(F)cc2)CC1. The molecule has 2 N–H and O–H groups in total. The summed E-state index contributed by atoms with van der Waals surface area (Å²) in [6, 6.07) is 19.8. The molecule has 1 aliphatic rings. The summed E-state index contributed by atoms with van der Waals surface area (Å²) in [5.74, 6) is -0.186. The van der Waals surface area contributed by atoms with Crippen LogP contribution in [0.4, 0.5) is 10.1 Å². The topological polar surface area (TPSA) is 36.4 Å². The summed E-state index contributed by atoms with van der Waals surface area (Å²) in [6.45, 7) is 6.08. The molecule has 2 aromatic carbocycles. The number of piperazine rings is 1. The Balaban J connectivity index is 1.48. The van der Waals surface area contributed by atoms with Crippen molar-refractivity contribution < 1.29 is 9.29 Å². The number of benzene rings is 2. The van der Waals surface area contributed by atoms with Gasteiger partial charge in [-0.25, -0.2) is 4.39 Å². The summed E-state index contributed by atoms with van der Waals surface area (Å²) in [5, 5.41) is 1.29. The second-order valence-corrected chi connectivity index (χ2v) is 8.05. The number of anilines is 1. The van der Waals surface area contributed by atoms with Crippen molar-refractivity contribution >= 4 is 16.6 Å². The number of nitrogens with one attached hydrogen (secondary N) is 2. The molecule has 5 rings (SSSR count). The molecule has 4 nitrogen and oxygen atoms in total. The highest BCUT2D eigenvalue weighted by Gasteiger charge is 2.33. The van der Waals surface area contributed by atoms with Crippen molar-refractivity contribution in [1.29, 1.82) is 0 Å². The van der Waals surface area contributed by atoms with Crippen molar-refractivity contribution in [2.24, 2.45) is 0 Å². The third kappa shape index (κ3) is 3.46. The van der Waals surface area contributed by atoms with E-state index in [1.807, 2.05) is 30.6 Å². The molecule has 0 aliphatic carbocycles. The molecule has 0 amide bonds. The minimum absolute atomic E-state index is 0.186. The maximum atomic E-state index is 13.3. The van der Waals surface area contributed by atoms with E-state index in [1.165, 1.54) is 32.6 Å². The molecule has 152 valence electrons. The van der Waals surface area contributed by atoms with Crippen LogP contribution < -0.4 is 9.80 Å². The van der Waals surface area contributed by atoms with E-state index in [-0.39, 0.29) is 11.9 Å². The van der Waals surface area contributed by atoms with Gasteiger partial charge in [-0.1, -0.05) is 18.2 Å². The van der Waals surface area contributed by atoms with Gasteiger partial charge in [-0.3, -0.25) is 4.98 Å². The minimum Gasteiger partial charge on any atom is -0.360 e. The monoisotopic (exact) mass is 401 g/mol. The number of hydrogen-bond donors (Lipinski definition) is 2. The third-order valence-corrected chi connectivity index (χ3v) is 6.26. The van der Waals surface area contributed by atoms with Gasteiger partial charge in [0.2, 0.25) is 0 Å². The van der Waals surface area contributed by atoms with Gasteiger partial charge in [0.25, 0.3) is 0 Å². The lowest BCUT2D eigenvalue weighted by Crippen LogP contribution is -3.15. The van der Waals surface area contributed by atoms with Gasteiger partial charge in [0.15, 0.2) is 0 Å². The lowest BCUT2D eigenvalue weighted by molar-refractivity contribution is -0.926. The van der Waals surface area contributed by atoms with Crippen molar-refractivity contribution in [3.05, 3.63) is 95.7 Å². The first-order valence-electron chi connectivity index (χ1n) is 10.5. The Hall–Kier alpha value is -3.18. The standard InChI is InChI=1S/C25H25FN4/c1-18-24(22-6-2-3-7-23(22)28-18)25(19-5-4-12-27-17-19)30-15-13-29(14-16-30)21-10-8-20(26)9-11-21/h2-12,17,25,28H,13-16H2,1H3/p+1/t25-/m1/s1. The Morgan fingerprint density at radius 3 is 2.50 bits per heavy atom. The Bertz CT molecular complexity index is 1130. The zero-order chi connectivity index (χ0) is 20.5. The van der Waals surface area contributed by atoms with E-state index >= 15 is 0 Å². The number of halogens is 1. The second kappa shape index (κ2) is 7.92. The first-order valence-corrected chi connectivity index (χ1v) is 10.5. The molecule has 3 heterocycles. The molecule has 30 heavy (non-hydrogen) atoms. The van der Waals surface area contributed by atoms with Gasteiger partial charge in [-0.15, -0.1) is 0 Å². The highest BCUT2D eigenvalue weighted by atomic mass is 19.1. The molecule has 4 aromatic rings. The first-order chi connectivity index (χ1) is 14.7. The van der Waals surface area contributed by atoms with Crippen molar-refractivity contribution in [2.45, 2.75) is 13.0 Å². The molecule has 1 saturated heterocycles. The van der Waals surface area contributed by atoms with Crippen LogP contribution in [0, 0.1) is 12.7 Å². The lowest BCUT2D eigenvalue weighted by atomic mass is 9.95. The van der Waals surface area contributed by atoms with E-state index in [9.17, 15) is 4.39 Å². The molecule has 2 aromatic heterocycles. The van der Waals surface area contributed by atoms with E-state index in [4.69, 9.17) is 0 Å². The van der Waals surface area contributed by atoms with E-state index in [1.54, 1.807) is 12.1 Å². The normalized spacial score (nSPS) is 16.1. The zero-order valence-electron chi connectivity index (χ0n) is 17.1. The highest BCUT2D eigenvalue weighted by molar-refractivity contribution is 5.85. The number of rotatable bonds is 4. The Morgan fingerprint density at radius 1 is 1.00 bits per heavy atom. The summed E-state index contributed by atoms with van der Waals surface area (Å²) in [4.78, 5) is 11.9. The molecule has 0 radical (unpaired) electrons. The van der Waals surface area contributed by atoms with E-state index in [0.717, 1.165) is 31.9 Å². The molecular formula is C25H26FN4+. The number of aryl methyl sites for hydroxylation is 1. The largest absolute Gasteiger partial charge is 0.360 e. The molecule has 1 fully saturated rings. The molecule has 1 atom stereocenters. The van der Waals surface area contributed by atoms with Gasteiger partial charge in [-0.05, 0) is 49.4 Å². The van der Waals surface area contributed by atoms with Crippen LogP contribution in [0.2, 0.25) is 0 Å². The number of quaternary nitrogens is 1. The first kappa shape index (κ1) is 18.8. The molecule has 5 heteroatoms. The number of nitrogens with zero attached hydrogens (tertiary/aromatic N) is 2.